The second kappa shape index (κ2) is 5.57. The highest BCUT2D eigenvalue weighted by atomic mass is 35.7. The number of ether oxygens (including phenoxy) is 1. The molecule has 0 amide bonds. The summed E-state index contributed by atoms with van der Waals surface area (Å²) in [5.41, 5.74) is 0.0628. The molecular formula is C12H12ClF2NO3S. The van der Waals surface area contributed by atoms with Gasteiger partial charge in [0.15, 0.2) is 0 Å². The fourth-order valence-electron chi connectivity index (χ4n) is 1.92. The quantitative estimate of drug-likeness (QED) is 0.787. The highest BCUT2D eigenvalue weighted by molar-refractivity contribution is 8.14. The van der Waals surface area contributed by atoms with Crippen LogP contribution in [0.15, 0.2) is 29.3 Å². The number of hydrogen-bond donors (Lipinski definition) is 0. The second-order valence-corrected chi connectivity index (χ2v) is 6.65. The van der Waals surface area contributed by atoms with E-state index in [1.165, 1.54) is 18.2 Å². The van der Waals surface area contributed by atoms with E-state index in [2.05, 4.69) is 0 Å². The molecule has 110 valence electrons. The molecule has 4 nitrogen and oxygen atoms in total. The summed E-state index contributed by atoms with van der Waals surface area (Å²) in [5, 5.41) is 0.0799. The summed E-state index contributed by atoms with van der Waals surface area (Å²) < 4.78 is 55.0. The Morgan fingerprint density at radius 1 is 1.40 bits per heavy atom. The largest absolute Gasteiger partial charge is 0.493 e. The first-order valence-corrected chi connectivity index (χ1v) is 8.16. The SMILES string of the molecule is CCCOc1cccc2c1c(S(=O)(=O)Cl)cn2C(F)F. The van der Waals surface area contributed by atoms with Crippen molar-refractivity contribution in [3.8, 4) is 5.75 Å². The van der Waals surface area contributed by atoms with Crippen molar-refractivity contribution >= 4 is 30.6 Å². The first-order chi connectivity index (χ1) is 9.36. The van der Waals surface area contributed by atoms with Crippen molar-refractivity contribution in [1.82, 2.24) is 4.57 Å². The third kappa shape index (κ3) is 2.73. The smallest absolute Gasteiger partial charge is 0.319 e. The maximum atomic E-state index is 13.0. The van der Waals surface area contributed by atoms with Crippen LogP contribution in [0.2, 0.25) is 0 Å². The van der Waals surface area contributed by atoms with E-state index in [4.69, 9.17) is 15.4 Å². The number of rotatable bonds is 5. The summed E-state index contributed by atoms with van der Waals surface area (Å²) in [7, 11) is 1.17. The van der Waals surface area contributed by atoms with Gasteiger partial charge in [-0.05, 0) is 18.6 Å². The molecule has 8 heteroatoms. The third-order valence-corrected chi connectivity index (χ3v) is 4.05. The van der Waals surface area contributed by atoms with Crippen molar-refractivity contribution in [1.29, 1.82) is 0 Å². The molecule has 0 saturated heterocycles. The first kappa shape index (κ1) is 15.1. The van der Waals surface area contributed by atoms with Gasteiger partial charge in [0.25, 0.3) is 9.05 Å². The van der Waals surface area contributed by atoms with E-state index in [9.17, 15) is 17.2 Å². The second-order valence-electron chi connectivity index (χ2n) is 4.11. The number of fused-ring (bicyclic) bond motifs is 1. The molecule has 0 bridgehead atoms. The Morgan fingerprint density at radius 2 is 2.10 bits per heavy atom. The topological polar surface area (TPSA) is 48.3 Å². The van der Waals surface area contributed by atoms with Crippen LogP contribution in [0.5, 0.6) is 5.75 Å². The lowest BCUT2D eigenvalue weighted by molar-refractivity contribution is 0.0748. The average molecular weight is 324 g/mol. The van der Waals surface area contributed by atoms with Gasteiger partial charge in [0, 0.05) is 16.9 Å². The Balaban J connectivity index is 2.77. The summed E-state index contributed by atoms with van der Waals surface area (Å²) >= 11 is 0. The van der Waals surface area contributed by atoms with Gasteiger partial charge in [-0.3, -0.25) is 4.57 Å². The zero-order valence-corrected chi connectivity index (χ0v) is 12.1. The molecule has 0 spiro atoms. The Bertz CT molecular complexity index is 728. The number of alkyl halides is 2. The monoisotopic (exact) mass is 323 g/mol. The number of halogens is 3. The van der Waals surface area contributed by atoms with Gasteiger partial charge in [-0.15, -0.1) is 0 Å². The highest BCUT2D eigenvalue weighted by Crippen LogP contribution is 2.37. The minimum atomic E-state index is -4.15. The normalized spacial score (nSPS) is 12.2. The summed E-state index contributed by atoms with van der Waals surface area (Å²) in [6.45, 7) is -0.643. The van der Waals surface area contributed by atoms with Gasteiger partial charge in [0.1, 0.15) is 10.6 Å². The van der Waals surface area contributed by atoms with E-state index in [-0.39, 0.29) is 21.5 Å². The van der Waals surface area contributed by atoms with E-state index in [0.717, 1.165) is 6.20 Å². The lowest BCUT2D eigenvalue weighted by atomic mass is 10.2. The van der Waals surface area contributed by atoms with E-state index < -0.39 is 15.6 Å². The molecule has 0 atom stereocenters. The first-order valence-electron chi connectivity index (χ1n) is 5.85. The molecule has 0 aliphatic rings. The van der Waals surface area contributed by atoms with Gasteiger partial charge in [-0.1, -0.05) is 13.0 Å². The van der Waals surface area contributed by atoms with Crippen molar-refractivity contribution in [2.75, 3.05) is 6.61 Å². The lowest BCUT2D eigenvalue weighted by Gasteiger charge is -2.08. The molecule has 0 aliphatic carbocycles. The number of hydrogen-bond acceptors (Lipinski definition) is 3. The summed E-state index contributed by atoms with van der Waals surface area (Å²) in [5.74, 6) is 0.225. The number of aromatic nitrogens is 1. The van der Waals surface area contributed by atoms with Crippen LogP contribution in [0.1, 0.15) is 19.9 Å². The summed E-state index contributed by atoms with van der Waals surface area (Å²) in [6.07, 6.45) is 1.53. The highest BCUT2D eigenvalue weighted by Gasteiger charge is 2.24. The van der Waals surface area contributed by atoms with Gasteiger partial charge in [-0.2, -0.15) is 8.78 Å². The van der Waals surface area contributed by atoms with Crippen molar-refractivity contribution < 1.29 is 21.9 Å². The number of benzene rings is 1. The molecular weight excluding hydrogens is 312 g/mol. The van der Waals surface area contributed by atoms with Gasteiger partial charge in [0.2, 0.25) is 0 Å². The molecule has 1 heterocycles. The molecule has 0 unspecified atom stereocenters. The maximum Gasteiger partial charge on any atom is 0.319 e. The van der Waals surface area contributed by atoms with Crippen molar-refractivity contribution in [3.05, 3.63) is 24.4 Å². The Labute approximate surface area is 119 Å². The van der Waals surface area contributed by atoms with E-state index in [0.29, 0.717) is 17.6 Å². The van der Waals surface area contributed by atoms with Crippen LogP contribution in [0.25, 0.3) is 10.9 Å². The van der Waals surface area contributed by atoms with Crippen LogP contribution in [0.3, 0.4) is 0 Å². The van der Waals surface area contributed by atoms with Crippen molar-refractivity contribution in [2.45, 2.75) is 24.8 Å². The third-order valence-electron chi connectivity index (χ3n) is 2.72. The molecule has 0 radical (unpaired) electrons. The summed E-state index contributed by atoms with van der Waals surface area (Å²) in [4.78, 5) is -0.374. The fourth-order valence-corrected chi connectivity index (χ4v) is 2.96. The molecule has 0 N–H and O–H groups in total. The average Bonchev–Trinajstić information content (AvgIpc) is 2.76. The zero-order chi connectivity index (χ0) is 14.9. The molecule has 20 heavy (non-hydrogen) atoms. The van der Waals surface area contributed by atoms with Crippen molar-refractivity contribution in [3.63, 3.8) is 0 Å². The van der Waals surface area contributed by atoms with Gasteiger partial charge in [-0.25, -0.2) is 8.42 Å². The van der Waals surface area contributed by atoms with Crippen LogP contribution < -0.4 is 4.74 Å². The van der Waals surface area contributed by atoms with Crippen LogP contribution in [-0.4, -0.2) is 19.6 Å². The molecule has 2 rings (SSSR count). The summed E-state index contributed by atoms with van der Waals surface area (Å²) in [6, 6.07) is 4.45. The molecule has 2 aromatic rings. The molecule has 1 aromatic heterocycles. The van der Waals surface area contributed by atoms with Crippen LogP contribution in [0, 0.1) is 0 Å². The van der Waals surface area contributed by atoms with Gasteiger partial charge in [0.05, 0.1) is 17.5 Å². The maximum absolute atomic E-state index is 13.0. The van der Waals surface area contributed by atoms with Gasteiger partial charge >= 0.3 is 6.55 Å². The standard InChI is InChI=1S/C12H12ClF2NO3S/c1-2-6-19-9-5-3-4-8-11(9)10(20(13,17)18)7-16(8)12(14)15/h3-5,7,12H,2,6H2,1H3. The lowest BCUT2D eigenvalue weighted by Crippen LogP contribution is -1.97. The van der Waals surface area contributed by atoms with E-state index >= 15 is 0 Å². The minimum absolute atomic E-state index is 0.0628. The Kier molecular flexibility index (Phi) is 4.19. The van der Waals surface area contributed by atoms with E-state index in [1.54, 1.807) is 0 Å². The zero-order valence-electron chi connectivity index (χ0n) is 10.5. The fraction of sp³-hybridized carbons (Fsp3) is 0.333. The molecule has 0 aliphatic heterocycles. The molecule has 1 aromatic carbocycles. The Hall–Kier alpha value is -1.34. The van der Waals surface area contributed by atoms with Crippen LogP contribution in [0.4, 0.5) is 8.78 Å². The predicted octanol–water partition coefficient (Wildman–Crippen LogP) is 3.75. The van der Waals surface area contributed by atoms with Crippen molar-refractivity contribution in [2.24, 2.45) is 0 Å². The Morgan fingerprint density at radius 3 is 2.65 bits per heavy atom. The van der Waals surface area contributed by atoms with Crippen LogP contribution in [-0.2, 0) is 9.05 Å². The molecule has 0 fully saturated rings. The predicted molar refractivity (Wildman–Crippen MR) is 72.0 cm³/mol. The minimum Gasteiger partial charge on any atom is -0.493 e. The number of nitrogens with zero attached hydrogens (tertiary/aromatic N) is 1. The van der Waals surface area contributed by atoms with Crippen LogP contribution >= 0.6 is 10.7 Å². The molecule has 0 saturated carbocycles. The van der Waals surface area contributed by atoms with Gasteiger partial charge < -0.3 is 4.74 Å². The van der Waals surface area contributed by atoms with E-state index in [1.807, 2.05) is 6.92 Å².